The largest absolute Gasteiger partial charge is 0.493 e. The molecule has 0 bridgehead atoms. The van der Waals surface area contributed by atoms with E-state index < -0.39 is 24.3 Å². The van der Waals surface area contributed by atoms with Crippen LogP contribution in [0.2, 0.25) is 0 Å². The monoisotopic (exact) mass is 558 g/mol. The Bertz CT molecular complexity index is 993. The molecule has 0 saturated carbocycles. The first-order chi connectivity index (χ1) is 17.2. The number of ether oxygens (including phenoxy) is 2. The van der Waals surface area contributed by atoms with Gasteiger partial charge in [0.05, 0.1) is 19.3 Å². The van der Waals surface area contributed by atoms with E-state index in [1.807, 2.05) is 23.5 Å². The Hall–Kier alpha value is -2.91. The molecule has 0 aliphatic carbocycles. The second kappa shape index (κ2) is 13.1. The molecular formula is C22H24F6N2O6S. The Balaban J connectivity index is 0.000000286. The molecule has 2 N–H and O–H groups in total. The highest BCUT2D eigenvalue weighted by molar-refractivity contribution is 7.11. The van der Waals surface area contributed by atoms with Crippen molar-refractivity contribution in [1.82, 2.24) is 9.88 Å². The number of carbonyl (C=O) groups is 2. The van der Waals surface area contributed by atoms with Crippen LogP contribution in [0.4, 0.5) is 26.3 Å². The molecule has 2 aromatic heterocycles. The fourth-order valence-electron chi connectivity index (χ4n) is 3.61. The summed E-state index contributed by atoms with van der Waals surface area (Å²) in [6, 6.07) is 8.28. The van der Waals surface area contributed by atoms with Gasteiger partial charge >= 0.3 is 24.3 Å². The van der Waals surface area contributed by atoms with E-state index >= 15 is 0 Å². The number of alkyl halides is 6. The van der Waals surface area contributed by atoms with Crippen molar-refractivity contribution in [3.63, 3.8) is 0 Å². The summed E-state index contributed by atoms with van der Waals surface area (Å²) in [7, 11) is 0. The number of aryl methyl sites for hydroxylation is 1. The minimum absolute atomic E-state index is 0.377. The molecule has 2 aliphatic heterocycles. The summed E-state index contributed by atoms with van der Waals surface area (Å²) in [6.07, 6.45) is -6.25. The quantitative estimate of drug-likeness (QED) is 0.525. The highest BCUT2D eigenvalue weighted by Crippen LogP contribution is 2.35. The third-order valence-electron chi connectivity index (χ3n) is 5.29. The summed E-state index contributed by atoms with van der Waals surface area (Å²) >= 11 is 1.90. The highest BCUT2D eigenvalue weighted by Gasteiger charge is 2.44. The summed E-state index contributed by atoms with van der Waals surface area (Å²) in [5.41, 5.74) is 0. The van der Waals surface area contributed by atoms with Gasteiger partial charge in [-0.25, -0.2) is 9.59 Å². The lowest BCUT2D eigenvalue weighted by atomic mass is 9.94. The number of pyridine rings is 1. The van der Waals surface area contributed by atoms with E-state index in [0.717, 1.165) is 38.6 Å². The van der Waals surface area contributed by atoms with Crippen LogP contribution in [0.3, 0.4) is 0 Å². The lowest BCUT2D eigenvalue weighted by Crippen LogP contribution is -2.26. The summed E-state index contributed by atoms with van der Waals surface area (Å²) in [4.78, 5) is 27.2. The number of hydrogen-bond acceptors (Lipinski definition) is 7. The van der Waals surface area contributed by atoms with Gasteiger partial charge in [-0.05, 0) is 31.2 Å². The zero-order chi connectivity index (χ0) is 27.8. The van der Waals surface area contributed by atoms with Crippen molar-refractivity contribution >= 4 is 23.3 Å². The van der Waals surface area contributed by atoms with Gasteiger partial charge in [-0.1, -0.05) is 0 Å². The van der Waals surface area contributed by atoms with Crippen LogP contribution in [0.1, 0.15) is 9.75 Å². The molecule has 3 atom stereocenters. The molecule has 2 fully saturated rings. The van der Waals surface area contributed by atoms with Crippen LogP contribution in [-0.2, 0) is 20.9 Å². The van der Waals surface area contributed by atoms with Crippen molar-refractivity contribution in [2.75, 3.05) is 26.3 Å². The van der Waals surface area contributed by atoms with Crippen molar-refractivity contribution in [3.8, 4) is 5.75 Å². The lowest BCUT2D eigenvalue weighted by Gasteiger charge is -2.19. The predicted molar refractivity (Wildman–Crippen MR) is 118 cm³/mol. The summed E-state index contributed by atoms with van der Waals surface area (Å²) < 4.78 is 75.4. The van der Waals surface area contributed by atoms with Gasteiger partial charge in [0.2, 0.25) is 0 Å². The molecule has 0 aromatic carbocycles. The molecule has 2 aromatic rings. The first-order valence-corrected chi connectivity index (χ1v) is 11.5. The van der Waals surface area contributed by atoms with Crippen LogP contribution in [0, 0.1) is 18.8 Å². The predicted octanol–water partition coefficient (Wildman–Crippen LogP) is 4.24. The van der Waals surface area contributed by atoms with Gasteiger partial charge in [-0.15, -0.1) is 11.3 Å². The van der Waals surface area contributed by atoms with E-state index in [0.29, 0.717) is 17.9 Å². The normalized spacial score (nSPS) is 21.2. The zero-order valence-corrected chi connectivity index (χ0v) is 20.1. The number of thiophene rings is 1. The van der Waals surface area contributed by atoms with E-state index in [2.05, 4.69) is 28.9 Å². The van der Waals surface area contributed by atoms with Gasteiger partial charge in [0.25, 0.3) is 0 Å². The highest BCUT2D eigenvalue weighted by atomic mass is 32.1. The minimum atomic E-state index is -5.08. The number of aliphatic carboxylic acids is 2. The Morgan fingerprint density at radius 3 is 2.11 bits per heavy atom. The van der Waals surface area contributed by atoms with Crippen molar-refractivity contribution in [2.24, 2.45) is 11.8 Å². The standard InChI is InChI=1S/C18H22N2O2S.2C2HF3O2/c1-13-2-3-16(23-13)8-20-9-17-14(12-22-18(17)10-20)11-21-15-4-6-19-7-5-15;2*3-2(4,5)1(6)7/h2-7,14,17-18H,8-12H2,1H3;2*(H,6,7)/t14-,17-,18-;;/m1../s1. The topological polar surface area (TPSA) is 109 Å². The van der Waals surface area contributed by atoms with Gasteiger partial charge < -0.3 is 19.7 Å². The number of likely N-dealkylation sites (tertiary alicyclic amines) is 1. The number of halogens is 6. The molecule has 8 nitrogen and oxygen atoms in total. The molecule has 2 saturated heterocycles. The molecule has 2 aliphatic rings. The molecule has 0 amide bonds. The Morgan fingerprint density at radius 1 is 1.05 bits per heavy atom. The number of aromatic nitrogens is 1. The van der Waals surface area contributed by atoms with E-state index in [9.17, 15) is 26.3 Å². The van der Waals surface area contributed by atoms with Crippen molar-refractivity contribution in [1.29, 1.82) is 0 Å². The van der Waals surface area contributed by atoms with Gasteiger partial charge in [-0.3, -0.25) is 9.88 Å². The number of hydrogen-bond donors (Lipinski definition) is 2. The van der Waals surface area contributed by atoms with Crippen molar-refractivity contribution in [2.45, 2.75) is 31.9 Å². The van der Waals surface area contributed by atoms with E-state index in [4.69, 9.17) is 29.3 Å². The average molecular weight is 558 g/mol. The van der Waals surface area contributed by atoms with Crippen LogP contribution in [0.5, 0.6) is 5.75 Å². The molecule has 37 heavy (non-hydrogen) atoms. The van der Waals surface area contributed by atoms with Gasteiger partial charge in [0, 0.05) is 53.6 Å². The maximum atomic E-state index is 10.6. The molecule has 0 spiro atoms. The number of carboxylic acids is 2. The lowest BCUT2D eigenvalue weighted by molar-refractivity contribution is -0.193. The van der Waals surface area contributed by atoms with Crippen LogP contribution in [0.25, 0.3) is 0 Å². The second-order valence-electron chi connectivity index (χ2n) is 8.10. The van der Waals surface area contributed by atoms with Gasteiger partial charge in [0.15, 0.2) is 0 Å². The first-order valence-electron chi connectivity index (χ1n) is 10.7. The summed E-state index contributed by atoms with van der Waals surface area (Å²) in [5.74, 6) is -3.53. The maximum Gasteiger partial charge on any atom is 0.490 e. The molecule has 0 radical (unpaired) electrons. The summed E-state index contributed by atoms with van der Waals surface area (Å²) in [5, 5.41) is 14.2. The Kier molecular flexibility index (Phi) is 10.7. The fraction of sp³-hybridized carbons (Fsp3) is 0.500. The number of carboxylic acid groups (broad SMARTS) is 2. The first kappa shape index (κ1) is 30.3. The zero-order valence-electron chi connectivity index (χ0n) is 19.3. The molecule has 4 heterocycles. The average Bonchev–Trinajstić information content (AvgIpc) is 3.49. The van der Waals surface area contributed by atoms with Crippen LogP contribution >= 0.6 is 11.3 Å². The molecule has 206 valence electrons. The fourth-order valence-corrected chi connectivity index (χ4v) is 4.54. The molecule has 0 unspecified atom stereocenters. The van der Waals surface area contributed by atoms with Gasteiger partial charge in [0.1, 0.15) is 5.75 Å². The summed E-state index contributed by atoms with van der Waals surface area (Å²) in [6.45, 7) is 6.94. The number of rotatable bonds is 5. The minimum Gasteiger partial charge on any atom is -0.493 e. The SMILES string of the molecule is Cc1ccc(CN2C[C@@H]3[C@H](COc4ccncc4)CO[C@@H]3C2)s1.O=C(O)C(F)(F)F.O=C(O)C(F)(F)F. The number of fused-ring (bicyclic) bond motifs is 1. The third-order valence-corrected chi connectivity index (χ3v) is 6.27. The van der Waals surface area contributed by atoms with Crippen molar-refractivity contribution in [3.05, 3.63) is 46.4 Å². The van der Waals surface area contributed by atoms with Crippen LogP contribution in [-0.4, -0.2) is 76.8 Å². The molecular weight excluding hydrogens is 534 g/mol. The Morgan fingerprint density at radius 2 is 1.62 bits per heavy atom. The van der Waals surface area contributed by atoms with Crippen molar-refractivity contribution < 1.29 is 55.6 Å². The smallest absolute Gasteiger partial charge is 0.490 e. The second-order valence-corrected chi connectivity index (χ2v) is 9.47. The molecule has 15 heteroatoms. The molecule has 4 rings (SSSR count). The Labute approximate surface area is 211 Å². The third kappa shape index (κ3) is 10.2. The van der Waals surface area contributed by atoms with E-state index in [1.54, 1.807) is 12.4 Å². The van der Waals surface area contributed by atoms with Gasteiger partial charge in [-0.2, -0.15) is 26.3 Å². The maximum absolute atomic E-state index is 10.6. The van der Waals surface area contributed by atoms with Crippen LogP contribution < -0.4 is 4.74 Å². The van der Waals surface area contributed by atoms with E-state index in [-0.39, 0.29) is 0 Å². The number of nitrogens with zero attached hydrogens (tertiary/aromatic N) is 2. The van der Waals surface area contributed by atoms with Crippen LogP contribution in [0.15, 0.2) is 36.7 Å². The van der Waals surface area contributed by atoms with E-state index in [1.165, 1.54) is 9.75 Å².